The van der Waals surface area contributed by atoms with E-state index in [1.807, 2.05) is 0 Å². The van der Waals surface area contributed by atoms with Crippen LogP contribution in [0.25, 0.3) is 0 Å². The number of nitrogens with two attached hydrogens (primary N) is 1. The Hall–Kier alpha value is -1.67. The summed E-state index contributed by atoms with van der Waals surface area (Å²) in [6.45, 7) is 0. The maximum atomic E-state index is 12.1. The van der Waals surface area contributed by atoms with Crippen molar-refractivity contribution < 1.29 is 8.42 Å². The molecule has 2 rings (SSSR count). The molecule has 94 valence electrons. The summed E-state index contributed by atoms with van der Waals surface area (Å²) in [5.41, 5.74) is 6.09. The first-order valence-electron chi connectivity index (χ1n) is 4.82. The van der Waals surface area contributed by atoms with Crippen LogP contribution < -0.4 is 10.5 Å². The SMILES string of the molecule is Nc1ccncc1S(=O)(=O)Nc1cncc(Br)c1. The van der Waals surface area contributed by atoms with Crippen molar-refractivity contribution in [3.05, 3.63) is 41.4 Å². The number of halogens is 1. The van der Waals surface area contributed by atoms with Crippen LogP contribution in [0.3, 0.4) is 0 Å². The lowest BCUT2D eigenvalue weighted by molar-refractivity contribution is 0.601. The van der Waals surface area contributed by atoms with Crippen molar-refractivity contribution in [2.24, 2.45) is 0 Å². The van der Waals surface area contributed by atoms with Crippen molar-refractivity contribution in [1.82, 2.24) is 9.97 Å². The largest absolute Gasteiger partial charge is 0.398 e. The minimum absolute atomic E-state index is 0.0648. The zero-order valence-electron chi connectivity index (χ0n) is 9.04. The molecule has 0 fully saturated rings. The average Bonchev–Trinajstić information content (AvgIpc) is 2.28. The fourth-order valence-corrected chi connectivity index (χ4v) is 2.77. The van der Waals surface area contributed by atoms with E-state index in [0.29, 0.717) is 10.2 Å². The van der Waals surface area contributed by atoms with E-state index < -0.39 is 10.0 Å². The molecular formula is C10H9BrN4O2S. The molecule has 0 spiro atoms. The number of sulfonamides is 1. The molecule has 0 aromatic carbocycles. The summed E-state index contributed by atoms with van der Waals surface area (Å²) in [6.07, 6.45) is 5.57. The van der Waals surface area contributed by atoms with Crippen LogP contribution >= 0.6 is 15.9 Å². The van der Waals surface area contributed by atoms with Gasteiger partial charge in [-0.1, -0.05) is 0 Å². The minimum atomic E-state index is -3.76. The first-order valence-corrected chi connectivity index (χ1v) is 7.09. The fraction of sp³-hybridized carbons (Fsp3) is 0. The maximum Gasteiger partial charge on any atom is 0.265 e. The van der Waals surface area contributed by atoms with Crippen molar-refractivity contribution in [2.75, 3.05) is 10.5 Å². The monoisotopic (exact) mass is 328 g/mol. The molecule has 3 N–H and O–H groups in total. The molecule has 0 atom stereocenters. The average molecular weight is 329 g/mol. The Morgan fingerprint density at radius 3 is 2.67 bits per heavy atom. The van der Waals surface area contributed by atoms with Crippen LogP contribution in [-0.4, -0.2) is 18.4 Å². The summed E-state index contributed by atoms with van der Waals surface area (Å²) in [6, 6.07) is 3.02. The molecule has 2 aromatic rings. The lowest BCUT2D eigenvalue weighted by Gasteiger charge is -2.09. The highest BCUT2D eigenvalue weighted by Gasteiger charge is 2.17. The van der Waals surface area contributed by atoms with Crippen LogP contribution in [0.1, 0.15) is 0 Å². The van der Waals surface area contributed by atoms with Gasteiger partial charge in [-0.15, -0.1) is 0 Å². The lowest BCUT2D eigenvalue weighted by Crippen LogP contribution is -2.15. The van der Waals surface area contributed by atoms with Gasteiger partial charge in [0.25, 0.3) is 10.0 Å². The van der Waals surface area contributed by atoms with E-state index in [-0.39, 0.29) is 10.6 Å². The van der Waals surface area contributed by atoms with Crippen molar-refractivity contribution in [1.29, 1.82) is 0 Å². The van der Waals surface area contributed by atoms with Gasteiger partial charge in [0.2, 0.25) is 0 Å². The van der Waals surface area contributed by atoms with Crippen LogP contribution in [0.2, 0.25) is 0 Å². The molecule has 0 saturated heterocycles. The minimum Gasteiger partial charge on any atom is -0.398 e. The van der Waals surface area contributed by atoms with E-state index in [1.165, 1.54) is 24.7 Å². The third-order valence-electron chi connectivity index (χ3n) is 2.06. The Morgan fingerprint density at radius 2 is 2.00 bits per heavy atom. The summed E-state index contributed by atoms with van der Waals surface area (Å²) in [5, 5.41) is 0. The van der Waals surface area contributed by atoms with E-state index in [0.717, 1.165) is 0 Å². The fourth-order valence-electron chi connectivity index (χ4n) is 1.29. The number of nitrogen functional groups attached to an aromatic ring is 1. The number of nitrogens with one attached hydrogen (secondary N) is 1. The summed E-state index contributed by atoms with van der Waals surface area (Å²) in [7, 11) is -3.76. The van der Waals surface area contributed by atoms with Crippen LogP contribution in [0.15, 0.2) is 46.3 Å². The highest BCUT2D eigenvalue weighted by Crippen LogP contribution is 2.21. The number of anilines is 2. The zero-order valence-corrected chi connectivity index (χ0v) is 11.4. The van der Waals surface area contributed by atoms with Crippen LogP contribution in [0.4, 0.5) is 11.4 Å². The van der Waals surface area contributed by atoms with Gasteiger partial charge in [0.05, 0.1) is 17.6 Å². The summed E-state index contributed by atoms with van der Waals surface area (Å²) in [5.74, 6) is 0. The molecular weight excluding hydrogens is 320 g/mol. The van der Waals surface area contributed by atoms with Gasteiger partial charge in [-0.05, 0) is 28.1 Å². The highest BCUT2D eigenvalue weighted by atomic mass is 79.9. The van der Waals surface area contributed by atoms with Gasteiger partial charge in [-0.25, -0.2) is 8.42 Å². The molecule has 2 aromatic heterocycles. The summed E-state index contributed by atoms with van der Waals surface area (Å²) >= 11 is 3.21. The first kappa shape index (κ1) is 12.8. The van der Waals surface area contributed by atoms with Crippen LogP contribution in [-0.2, 0) is 10.0 Å². The van der Waals surface area contributed by atoms with Crippen molar-refractivity contribution in [3.63, 3.8) is 0 Å². The predicted molar refractivity (Wildman–Crippen MR) is 71.4 cm³/mol. The second kappa shape index (κ2) is 4.91. The molecule has 0 radical (unpaired) electrons. The molecule has 0 unspecified atom stereocenters. The first-order chi connectivity index (χ1) is 8.49. The van der Waals surface area contributed by atoms with Crippen molar-refractivity contribution in [3.8, 4) is 0 Å². The van der Waals surface area contributed by atoms with E-state index in [1.54, 1.807) is 12.3 Å². The van der Waals surface area contributed by atoms with Gasteiger partial charge >= 0.3 is 0 Å². The lowest BCUT2D eigenvalue weighted by atomic mass is 10.4. The summed E-state index contributed by atoms with van der Waals surface area (Å²) in [4.78, 5) is 7.55. The quantitative estimate of drug-likeness (QED) is 0.892. The van der Waals surface area contributed by atoms with E-state index >= 15 is 0 Å². The van der Waals surface area contributed by atoms with Gasteiger partial charge in [-0.3, -0.25) is 14.7 Å². The van der Waals surface area contributed by atoms with Crippen molar-refractivity contribution >= 4 is 37.3 Å². The van der Waals surface area contributed by atoms with Gasteiger partial charge < -0.3 is 5.73 Å². The standard InChI is InChI=1S/C10H9BrN4O2S/c11-7-3-8(5-14-4-7)15-18(16,17)10-6-13-2-1-9(10)12/h1-6,15H,(H2,12,13). The van der Waals surface area contributed by atoms with E-state index in [2.05, 4.69) is 30.6 Å². The number of rotatable bonds is 3. The zero-order chi connectivity index (χ0) is 13.2. The molecule has 0 aliphatic carbocycles. The molecule has 8 heteroatoms. The van der Waals surface area contributed by atoms with Crippen LogP contribution in [0.5, 0.6) is 0 Å². The molecule has 18 heavy (non-hydrogen) atoms. The van der Waals surface area contributed by atoms with Gasteiger partial charge in [0, 0.05) is 23.1 Å². The third kappa shape index (κ3) is 2.77. The van der Waals surface area contributed by atoms with Gasteiger partial charge in [0.1, 0.15) is 4.90 Å². The Labute approximate surface area is 112 Å². The molecule has 0 saturated carbocycles. The van der Waals surface area contributed by atoms with E-state index in [4.69, 9.17) is 5.73 Å². The molecule has 0 amide bonds. The number of nitrogens with zero attached hydrogens (tertiary/aromatic N) is 2. The number of hydrogen-bond acceptors (Lipinski definition) is 5. The predicted octanol–water partition coefficient (Wildman–Crippen LogP) is 1.62. The Morgan fingerprint density at radius 1 is 1.22 bits per heavy atom. The van der Waals surface area contributed by atoms with Crippen LogP contribution in [0, 0.1) is 0 Å². The second-order valence-electron chi connectivity index (χ2n) is 3.41. The maximum absolute atomic E-state index is 12.1. The number of aromatic nitrogens is 2. The van der Waals surface area contributed by atoms with Gasteiger partial charge in [-0.2, -0.15) is 0 Å². The highest BCUT2D eigenvalue weighted by molar-refractivity contribution is 9.10. The third-order valence-corrected chi connectivity index (χ3v) is 3.92. The Kier molecular flexibility index (Phi) is 3.48. The molecule has 0 aliphatic rings. The normalized spacial score (nSPS) is 11.2. The topological polar surface area (TPSA) is 98.0 Å². The molecule has 0 bridgehead atoms. The molecule has 6 nitrogen and oxygen atoms in total. The Balaban J connectivity index is 2.37. The van der Waals surface area contributed by atoms with Gasteiger partial charge in [0.15, 0.2) is 0 Å². The van der Waals surface area contributed by atoms with E-state index in [9.17, 15) is 8.42 Å². The molecule has 0 aliphatic heterocycles. The smallest absolute Gasteiger partial charge is 0.265 e. The summed E-state index contributed by atoms with van der Waals surface area (Å²) < 4.78 is 27.2. The molecule has 2 heterocycles. The number of pyridine rings is 2. The Bertz CT molecular complexity index is 675. The van der Waals surface area contributed by atoms with Crippen molar-refractivity contribution in [2.45, 2.75) is 4.90 Å². The second-order valence-corrected chi connectivity index (χ2v) is 5.98. The number of hydrogen-bond donors (Lipinski definition) is 2.